The molecule has 2 heteroatoms. The van der Waals surface area contributed by atoms with Gasteiger partial charge in [0, 0.05) is 16.8 Å². The summed E-state index contributed by atoms with van der Waals surface area (Å²) in [4.78, 5) is 4.78. The topological polar surface area (TPSA) is 6.48 Å². The van der Waals surface area contributed by atoms with Crippen molar-refractivity contribution >= 4 is 67.8 Å². The summed E-state index contributed by atoms with van der Waals surface area (Å²) in [5, 5.41) is 4.98. The third-order valence-corrected chi connectivity index (χ3v) is 13.5. The molecule has 0 bridgehead atoms. The fraction of sp³-hybridized carbons (Fsp3) is 0.103. The Bertz CT molecular complexity index is 3140. The number of hydrogen-bond acceptors (Lipinski definition) is 2. The number of aryl methyl sites for hydroxylation is 1. The standard InChI is InChI=1S/C58H44N2/c1-39-21-30-50-51-31-23-40(36-53(51)58(52(50)35-39)33-11-12-34-58)22-24-41-28-32-48(49-16-6-5-15-47(41)49)44-26-25-43-38-46(29-27-42(43)37-44)60-56-19-9-7-17-54(56)59(45-13-3-2-4-14-45)55-18-8-10-20-57(55)60/h2-10,13-32,35-38H,11-12,33-34H2,1H3/b24-22+. The lowest BCUT2D eigenvalue weighted by atomic mass is 9.76. The van der Waals surface area contributed by atoms with Crippen molar-refractivity contribution in [3.8, 4) is 22.3 Å². The average Bonchev–Trinajstić information content (AvgIpc) is 3.90. The second-order valence-electron chi connectivity index (χ2n) is 17.0. The van der Waals surface area contributed by atoms with Crippen LogP contribution < -0.4 is 9.80 Å². The molecule has 3 aliphatic rings. The predicted octanol–water partition coefficient (Wildman–Crippen LogP) is 16.2. The Kier molecular flexibility index (Phi) is 7.96. The molecule has 9 aromatic carbocycles. The van der Waals surface area contributed by atoms with E-state index in [1.807, 2.05) is 0 Å². The number of para-hydroxylation sites is 5. The van der Waals surface area contributed by atoms with E-state index in [-0.39, 0.29) is 5.41 Å². The highest BCUT2D eigenvalue weighted by atomic mass is 15.3. The van der Waals surface area contributed by atoms with Crippen molar-refractivity contribution in [1.82, 2.24) is 0 Å². The summed E-state index contributed by atoms with van der Waals surface area (Å²) in [6, 6.07) is 69.7. The van der Waals surface area contributed by atoms with Crippen molar-refractivity contribution in [2.75, 3.05) is 9.80 Å². The molecule has 0 N–H and O–H groups in total. The van der Waals surface area contributed by atoms with E-state index >= 15 is 0 Å². The van der Waals surface area contributed by atoms with E-state index in [0.717, 1.165) is 34.1 Å². The number of hydrogen-bond donors (Lipinski definition) is 0. The van der Waals surface area contributed by atoms with E-state index in [9.17, 15) is 0 Å². The van der Waals surface area contributed by atoms with Gasteiger partial charge in [-0.15, -0.1) is 0 Å². The monoisotopic (exact) mass is 768 g/mol. The van der Waals surface area contributed by atoms with Crippen LogP contribution >= 0.6 is 0 Å². The fourth-order valence-electron chi connectivity index (χ4n) is 10.8. The van der Waals surface area contributed by atoms with E-state index < -0.39 is 0 Å². The summed E-state index contributed by atoms with van der Waals surface area (Å²) >= 11 is 0. The maximum Gasteiger partial charge on any atom is 0.0703 e. The van der Waals surface area contributed by atoms with Crippen LogP contribution in [0.15, 0.2) is 188 Å². The molecular formula is C58H44N2. The van der Waals surface area contributed by atoms with Gasteiger partial charge in [0.1, 0.15) is 0 Å². The lowest BCUT2D eigenvalue weighted by Gasteiger charge is -2.40. The largest absolute Gasteiger partial charge is 0.306 e. The Morgan fingerprint density at radius 1 is 0.433 bits per heavy atom. The molecule has 9 aromatic rings. The fourth-order valence-corrected chi connectivity index (χ4v) is 10.8. The highest BCUT2D eigenvalue weighted by Gasteiger charge is 2.45. The third kappa shape index (κ3) is 5.41. The summed E-state index contributed by atoms with van der Waals surface area (Å²) in [7, 11) is 0. The number of benzene rings is 9. The third-order valence-electron chi connectivity index (χ3n) is 13.5. The quantitative estimate of drug-likeness (QED) is 0.161. The first-order valence-electron chi connectivity index (χ1n) is 21.5. The highest BCUT2D eigenvalue weighted by Crippen LogP contribution is 2.58. The second kappa shape index (κ2) is 13.7. The van der Waals surface area contributed by atoms with Gasteiger partial charge in [0.2, 0.25) is 0 Å². The zero-order valence-corrected chi connectivity index (χ0v) is 33.8. The molecule has 286 valence electrons. The van der Waals surface area contributed by atoms with Crippen LogP contribution in [0.3, 0.4) is 0 Å². The van der Waals surface area contributed by atoms with Gasteiger partial charge in [-0.25, -0.2) is 0 Å². The average molecular weight is 769 g/mol. The molecule has 1 spiro atoms. The van der Waals surface area contributed by atoms with Gasteiger partial charge < -0.3 is 9.80 Å². The number of fused-ring (bicyclic) bond motifs is 9. The molecule has 0 atom stereocenters. The van der Waals surface area contributed by atoms with Gasteiger partial charge in [-0.05, 0) is 140 Å². The van der Waals surface area contributed by atoms with Crippen LogP contribution in [-0.4, -0.2) is 0 Å². The van der Waals surface area contributed by atoms with E-state index in [2.05, 4.69) is 217 Å². The first kappa shape index (κ1) is 34.8. The van der Waals surface area contributed by atoms with Crippen molar-refractivity contribution in [3.63, 3.8) is 0 Å². The van der Waals surface area contributed by atoms with Gasteiger partial charge in [0.15, 0.2) is 0 Å². The first-order chi connectivity index (χ1) is 29.6. The summed E-state index contributed by atoms with van der Waals surface area (Å²) < 4.78 is 0. The Morgan fingerprint density at radius 3 is 1.75 bits per heavy atom. The van der Waals surface area contributed by atoms with Crippen LogP contribution in [0.2, 0.25) is 0 Å². The Morgan fingerprint density at radius 2 is 1.02 bits per heavy atom. The van der Waals surface area contributed by atoms with Gasteiger partial charge in [0.25, 0.3) is 0 Å². The van der Waals surface area contributed by atoms with Gasteiger partial charge in [-0.3, -0.25) is 0 Å². The molecule has 0 amide bonds. The van der Waals surface area contributed by atoms with E-state index in [1.54, 1.807) is 5.56 Å². The normalized spacial score (nSPS) is 14.8. The van der Waals surface area contributed by atoms with Crippen molar-refractivity contribution in [1.29, 1.82) is 0 Å². The van der Waals surface area contributed by atoms with Crippen molar-refractivity contribution in [3.05, 3.63) is 216 Å². The molecule has 1 saturated carbocycles. The van der Waals surface area contributed by atoms with Crippen molar-refractivity contribution in [2.45, 2.75) is 38.0 Å². The summed E-state index contributed by atoms with van der Waals surface area (Å²) in [5.41, 5.74) is 19.4. The van der Waals surface area contributed by atoms with Crippen LogP contribution in [0.5, 0.6) is 0 Å². The minimum atomic E-state index is 0.172. The molecule has 0 radical (unpaired) electrons. The van der Waals surface area contributed by atoms with E-state index in [4.69, 9.17) is 0 Å². The lowest BCUT2D eigenvalue weighted by molar-refractivity contribution is 0.549. The Hall–Kier alpha value is -7.16. The lowest BCUT2D eigenvalue weighted by Crippen LogP contribution is -2.23. The molecule has 0 aromatic heterocycles. The SMILES string of the molecule is Cc1ccc2c(c1)C1(CCCC1)c1cc(/C=C/c3ccc(-c4ccc5cc(N6c7ccccc7N(c7ccccc7)c7ccccc76)ccc5c4)c4ccccc34)ccc1-2. The van der Waals surface area contributed by atoms with Crippen LogP contribution in [0.25, 0.3) is 56.0 Å². The Balaban J connectivity index is 0.880. The maximum atomic E-state index is 2.49. The maximum absolute atomic E-state index is 2.49. The van der Waals surface area contributed by atoms with Gasteiger partial charge in [0.05, 0.1) is 22.7 Å². The zero-order valence-electron chi connectivity index (χ0n) is 33.8. The number of rotatable bonds is 5. The molecule has 0 unspecified atom stereocenters. The van der Waals surface area contributed by atoms with E-state index in [1.165, 1.54) is 91.7 Å². The summed E-state index contributed by atoms with van der Waals surface area (Å²) in [5.74, 6) is 0. The zero-order chi connectivity index (χ0) is 39.8. The van der Waals surface area contributed by atoms with Crippen LogP contribution in [0.4, 0.5) is 34.1 Å². The van der Waals surface area contributed by atoms with Crippen molar-refractivity contribution in [2.24, 2.45) is 0 Å². The molecule has 12 rings (SSSR count). The molecule has 1 aliphatic heterocycles. The van der Waals surface area contributed by atoms with Crippen LogP contribution in [0.1, 0.15) is 53.5 Å². The number of nitrogens with zero attached hydrogens (tertiary/aromatic N) is 2. The van der Waals surface area contributed by atoms with E-state index in [0.29, 0.717) is 0 Å². The number of anilines is 6. The minimum absolute atomic E-state index is 0.172. The van der Waals surface area contributed by atoms with Crippen LogP contribution in [0, 0.1) is 6.92 Å². The smallest absolute Gasteiger partial charge is 0.0703 e. The predicted molar refractivity (Wildman–Crippen MR) is 255 cm³/mol. The molecule has 0 saturated heterocycles. The van der Waals surface area contributed by atoms with Gasteiger partial charge in [-0.2, -0.15) is 0 Å². The molecule has 2 nitrogen and oxygen atoms in total. The highest BCUT2D eigenvalue weighted by molar-refractivity contribution is 6.05. The minimum Gasteiger partial charge on any atom is -0.306 e. The molecule has 1 fully saturated rings. The first-order valence-corrected chi connectivity index (χ1v) is 21.5. The van der Waals surface area contributed by atoms with Gasteiger partial charge >= 0.3 is 0 Å². The molecular weight excluding hydrogens is 725 g/mol. The Labute approximate surface area is 352 Å². The van der Waals surface area contributed by atoms with Gasteiger partial charge in [-0.1, -0.05) is 164 Å². The summed E-state index contributed by atoms with van der Waals surface area (Å²) in [6.07, 6.45) is 9.76. The van der Waals surface area contributed by atoms with Crippen LogP contribution in [-0.2, 0) is 5.41 Å². The second-order valence-corrected chi connectivity index (χ2v) is 17.0. The molecule has 1 heterocycles. The molecule has 2 aliphatic carbocycles. The molecule has 60 heavy (non-hydrogen) atoms. The van der Waals surface area contributed by atoms with Crippen molar-refractivity contribution < 1.29 is 0 Å². The summed E-state index contributed by atoms with van der Waals surface area (Å²) in [6.45, 7) is 2.24.